The number of ether oxygens (including phenoxy) is 1. The summed E-state index contributed by atoms with van der Waals surface area (Å²) < 4.78 is 43.8. The van der Waals surface area contributed by atoms with Gasteiger partial charge < -0.3 is 9.64 Å². The molecule has 0 N–H and O–H groups in total. The largest absolute Gasteiger partial charge is 0.466 e. The lowest BCUT2D eigenvalue weighted by molar-refractivity contribution is -0.142. The summed E-state index contributed by atoms with van der Waals surface area (Å²) in [6.45, 7) is 2.00. The van der Waals surface area contributed by atoms with E-state index < -0.39 is 17.7 Å². The van der Waals surface area contributed by atoms with Gasteiger partial charge in [0.25, 0.3) is 0 Å². The van der Waals surface area contributed by atoms with Gasteiger partial charge in [0.1, 0.15) is 5.82 Å². The summed E-state index contributed by atoms with van der Waals surface area (Å²) in [7, 11) is 1.45. The second kappa shape index (κ2) is 6.92. The number of anilines is 1. The standard InChI is InChI=1S/C12H14BrF3N2O2/c1-3-20-10(19)4-5-18(2)11-9(12(14,15)16)6-8(13)7-17-11/h6-7H,3-5H2,1-2H3. The van der Waals surface area contributed by atoms with Crippen LogP contribution in [0, 0.1) is 0 Å². The van der Waals surface area contributed by atoms with Crippen LogP contribution in [0.1, 0.15) is 18.9 Å². The van der Waals surface area contributed by atoms with E-state index in [0.717, 1.165) is 6.07 Å². The van der Waals surface area contributed by atoms with E-state index in [-0.39, 0.29) is 29.9 Å². The quantitative estimate of drug-likeness (QED) is 0.761. The number of esters is 1. The van der Waals surface area contributed by atoms with E-state index in [9.17, 15) is 18.0 Å². The fourth-order valence-corrected chi connectivity index (χ4v) is 1.87. The molecular weight excluding hydrogens is 341 g/mol. The molecule has 4 nitrogen and oxygen atoms in total. The molecule has 0 spiro atoms. The van der Waals surface area contributed by atoms with Crippen molar-refractivity contribution in [2.24, 2.45) is 0 Å². The molecule has 0 saturated carbocycles. The zero-order valence-electron chi connectivity index (χ0n) is 11.0. The SMILES string of the molecule is CCOC(=O)CCN(C)c1ncc(Br)cc1C(F)(F)F. The highest BCUT2D eigenvalue weighted by Crippen LogP contribution is 2.36. The van der Waals surface area contributed by atoms with Gasteiger partial charge >= 0.3 is 12.1 Å². The summed E-state index contributed by atoms with van der Waals surface area (Å²) in [6.07, 6.45) is -3.23. The van der Waals surface area contributed by atoms with Gasteiger partial charge in [-0.15, -0.1) is 0 Å². The number of pyridine rings is 1. The monoisotopic (exact) mass is 354 g/mol. The van der Waals surface area contributed by atoms with Gasteiger partial charge in [-0.05, 0) is 28.9 Å². The van der Waals surface area contributed by atoms with Gasteiger partial charge in [-0.25, -0.2) is 4.98 Å². The van der Waals surface area contributed by atoms with Crippen LogP contribution in [0.3, 0.4) is 0 Å². The molecular formula is C12H14BrF3N2O2. The van der Waals surface area contributed by atoms with Crippen LogP contribution in [0.2, 0.25) is 0 Å². The molecule has 0 bridgehead atoms. The zero-order valence-corrected chi connectivity index (χ0v) is 12.6. The van der Waals surface area contributed by atoms with E-state index in [1.807, 2.05) is 0 Å². The first-order chi connectivity index (χ1) is 9.25. The van der Waals surface area contributed by atoms with Crippen LogP contribution in [0.15, 0.2) is 16.7 Å². The number of carbonyl (C=O) groups is 1. The Morgan fingerprint density at radius 2 is 2.15 bits per heavy atom. The zero-order chi connectivity index (χ0) is 15.3. The molecule has 1 heterocycles. The Morgan fingerprint density at radius 1 is 1.50 bits per heavy atom. The molecule has 0 aromatic carbocycles. The molecule has 20 heavy (non-hydrogen) atoms. The van der Waals surface area contributed by atoms with Gasteiger partial charge in [0.15, 0.2) is 0 Å². The molecule has 1 rings (SSSR count). The average molecular weight is 355 g/mol. The molecule has 1 aromatic rings. The molecule has 0 aliphatic heterocycles. The van der Waals surface area contributed by atoms with E-state index in [1.165, 1.54) is 18.1 Å². The minimum atomic E-state index is -4.51. The number of carbonyl (C=O) groups excluding carboxylic acids is 1. The van der Waals surface area contributed by atoms with Crippen molar-refractivity contribution in [1.82, 2.24) is 4.98 Å². The van der Waals surface area contributed by atoms with E-state index >= 15 is 0 Å². The first-order valence-electron chi connectivity index (χ1n) is 5.85. The van der Waals surface area contributed by atoms with Gasteiger partial charge in [-0.2, -0.15) is 13.2 Å². The maximum absolute atomic E-state index is 12.9. The van der Waals surface area contributed by atoms with Crippen molar-refractivity contribution in [2.45, 2.75) is 19.5 Å². The number of hydrogen-bond donors (Lipinski definition) is 0. The Hall–Kier alpha value is -1.31. The summed E-state index contributed by atoms with van der Waals surface area (Å²) in [6, 6.07) is 0.962. The van der Waals surface area contributed by atoms with Crippen molar-refractivity contribution in [2.75, 3.05) is 25.1 Å². The van der Waals surface area contributed by atoms with Crippen molar-refractivity contribution in [3.8, 4) is 0 Å². The van der Waals surface area contributed by atoms with Crippen LogP contribution in [0.5, 0.6) is 0 Å². The molecule has 0 atom stereocenters. The van der Waals surface area contributed by atoms with Gasteiger partial charge in [0.05, 0.1) is 18.6 Å². The average Bonchev–Trinajstić information content (AvgIpc) is 2.35. The van der Waals surface area contributed by atoms with Crippen LogP contribution in [0.4, 0.5) is 19.0 Å². The highest BCUT2D eigenvalue weighted by molar-refractivity contribution is 9.10. The number of alkyl halides is 3. The molecule has 112 valence electrons. The van der Waals surface area contributed by atoms with Crippen LogP contribution in [-0.4, -0.2) is 31.2 Å². The fraction of sp³-hybridized carbons (Fsp3) is 0.500. The van der Waals surface area contributed by atoms with Crippen LogP contribution < -0.4 is 4.90 Å². The number of nitrogens with zero attached hydrogens (tertiary/aromatic N) is 2. The van der Waals surface area contributed by atoms with Gasteiger partial charge in [-0.1, -0.05) is 0 Å². The van der Waals surface area contributed by atoms with Gasteiger partial charge in [0.2, 0.25) is 0 Å². The summed E-state index contributed by atoms with van der Waals surface area (Å²) in [4.78, 5) is 16.3. The molecule has 8 heteroatoms. The molecule has 0 unspecified atom stereocenters. The summed E-state index contributed by atoms with van der Waals surface area (Å²) >= 11 is 2.97. The first kappa shape index (κ1) is 16.7. The van der Waals surface area contributed by atoms with E-state index in [1.54, 1.807) is 6.92 Å². The minimum absolute atomic E-state index is 0.000614. The molecule has 0 radical (unpaired) electrons. The predicted molar refractivity (Wildman–Crippen MR) is 71.5 cm³/mol. The van der Waals surface area contributed by atoms with E-state index in [4.69, 9.17) is 4.74 Å². The van der Waals surface area contributed by atoms with Crippen LogP contribution in [-0.2, 0) is 15.7 Å². The maximum atomic E-state index is 12.9. The number of rotatable bonds is 5. The van der Waals surface area contributed by atoms with Crippen molar-refractivity contribution in [3.05, 3.63) is 22.3 Å². The van der Waals surface area contributed by atoms with Crippen LogP contribution >= 0.6 is 15.9 Å². The second-order valence-corrected chi connectivity index (χ2v) is 4.91. The fourth-order valence-electron chi connectivity index (χ4n) is 1.54. The Kier molecular flexibility index (Phi) is 5.79. The number of hydrogen-bond acceptors (Lipinski definition) is 4. The Balaban J connectivity index is 2.87. The first-order valence-corrected chi connectivity index (χ1v) is 6.64. The number of aromatic nitrogens is 1. The maximum Gasteiger partial charge on any atom is 0.419 e. The smallest absolute Gasteiger partial charge is 0.419 e. The predicted octanol–water partition coefficient (Wildman–Crippen LogP) is 3.25. The molecule has 1 aromatic heterocycles. The summed E-state index contributed by atoms with van der Waals surface area (Å²) in [5.41, 5.74) is -0.849. The van der Waals surface area contributed by atoms with Crippen molar-refractivity contribution in [3.63, 3.8) is 0 Å². The van der Waals surface area contributed by atoms with Gasteiger partial charge in [-0.3, -0.25) is 4.79 Å². The second-order valence-electron chi connectivity index (χ2n) is 4.00. The van der Waals surface area contributed by atoms with Crippen molar-refractivity contribution < 1.29 is 22.7 Å². The van der Waals surface area contributed by atoms with E-state index in [2.05, 4.69) is 20.9 Å². The third kappa shape index (κ3) is 4.66. The lowest BCUT2D eigenvalue weighted by Gasteiger charge is -2.22. The minimum Gasteiger partial charge on any atom is -0.466 e. The Morgan fingerprint density at radius 3 is 2.70 bits per heavy atom. The van der Waals surface area contributed by atoms with Crippen molar-refractivity contribution in [1.29, 1.82) is 0 Å². The molecule has 0 fully saturated rings. The van der Waals surface area contributed by atoms with Gasteiger partial charge in [0, 0.05) is 24.3 Å². The lowest BCUT2D eigenvalue weighted by atomic mass is 10.2. The Bertz CT molecular complexity index is 480. The third-order valence-electron chi connectivity index (χ3n) is 2.46. The lowest BCUT2D eigenvalue weighted by Crippen LogP contribution is -2.26. The topological polar surface area (TPSA) is 42.4 Å². The molecule has 0 aliphatic rings. The highest BCUT2D eigenvalue weighted by atomic mass is 79.9. The molecule has 0 amide bonds. The number of halogens is 4. The molecule has 0 aliphatic carbocycles. The normalized spacial score (nSPS) is 11.3. The third-order valence-corrected chi connectivity index (χ3v) is 2.89. The van der Waals surface area contributed by atoms with Crippen LogP contribution in [0.25, 0.3) is 0 Å². The summed E-state index contributed by atoms with van der Waals surface area (Å²) in [5, 5.41) is 0. The highest BCUT2D eigenvalue weighted by Gasteiger charge is 2.35. The Labute approximate surface area is 123 Å². The van der Waals surface area contributed by atoms with Crippen molar-refractivity contribution >= 4 is 27.7 Å². The molecule has 0 saturated heterocycles. The van der Waals surface area contributed by atoms with E-state index in [0.29, 0.717) is 0 Å². The summed E-state index contributed by atoms with van der Waals surface area (Å²) in [5.74, 6) is -0.671.